The molecule has 2 heterocycles. The second kappa shape index (κ2) is 9.93. The third kappa shape index (κ3) is 5.29. The highest BCUT2D eigenvalue weighted by molar-refractivity contribution is 6.74. The molecule has 3 aromatic rings. The molecule has 2 aliphatic rings. The van der Waals surface area contributed by atoms with E-state index in [0.717, 1.165) is 40.4 Å². The van der Waals surface area contributed by atoms with Gasteiger partial charge in [0.25, 0.3) is 0 Å². The molecule has 2 aliphatic heterocycles. The van der Waals surface area contributed by atoms with Gasteiger partial charge in [-0.2, -0.15) is 0 Å². The van der Waals surface area contributed by atoms with Gasteiger partial charge in [-0.1, -0.05) is 77.1 Å². The SMILES string of the molecule is CC(C)(Cc1ccc2c(c1)OCC1=C2C(c2ccccc2)Oc2cc(O[Si](C)(C)C(C)(C)C)ccc21)[Si](C)(C)O. The van der Waals surface area contributed by atoms with Crippen LogP contribution in [-0.2, 0) is 6.42 Å². The number of hydrogen-bond acceptors (Lipinski definition) is 4. The molecule has 1 N–H and O–H groups in total. The van der Waals surface area contributed by atoms with Crippen LogP contribution in [0.1, 0.15) is 63.0 Å². The molecular weight excluding hydrogens is 529 g/mol. The molecule has 0 bridgehead atoms. The quantitative estimate of drug-likeness (QED) is 0.299. The summed E-state index contributed by atoms with van der Waals surface area (Å²) in [6, 6.07) is 23.3. The maximum Gasteiger partial charge on any atom is 0.250 e. The summed E-state index contributed by atoms with van der Waals surface area (Å²) in [5.74, 6) is 2.58. The van der Waals surface area contributed by atoms with Crippen LogP contribution in [-0.4, -0.2) is 28.0 Å². The standard InChI is InChI=1S/C34H44O4Si2/c1-33(2,3)40(8,9)38-25-16-18-26-28-22-36-29-19-23(21-34(4,5)39(6,7)35)15-17-27(29)31(28)32(37-30(26)20-25)24-13-11-10-12-14-24/h10-20,32,35H,21-22H2,1-9H3. The highest BCUT2D eigenvalue weighted by Gasteiger charge is 2.41. The largest absolute Gasteiger partial charge is 0.543 e. The fraction of sp³-hybridized carbons (Fsp3) is 0.412. The van der Waals surface area contributed by atoms with Crippen LogP contribution in [0.5, 0.6) is 17.2 Å². The molecule has 0 amide bonds. The first kappa shape index (κ1) is 28.7. The van der Waals surface area contributed by atoms with Gasteiger partial charge in [-0.3, -0.25) is 0 Å². The zero-order chi connectivity index (χ0) is 29.1. The van der Waals surface area contributed by atoms with Gasteiger partial charge >= 0.3 is 0 Å². The van der Waals surface area contributed by atoms with Gasteiger partial charge in [0, 0.05) is 28.3 Å². The van der Waals surface area contributed by atoms with E-state index >= 15 is 0 Å². The van der Waals surface area contributed by atoms with E-state index in [1.807, 2.05) is 19.2 Å². The van der Waals surface area contributed by atoms with Gasteiger partial charge < -0.3 is 18.7 Å². The van der Waals surface area contributed by atoms with Crippen LogP contribution in [0, 0.1) is 0 Å². The Balaban J connectivity index is 1.58. The molecule has 1 unspecified atom stereocenters. The molecule has 5 rings (SSSR count). The normalized spacial score (nSPS) is 17.3. The van der Waals surface area contributed by atoms with E-state index in [1.165, 1.54) is 16.7 Å². The van der Waals surface area contributed by atoms with Crippen LogP contribution >= 0.6 is 0 Å². The lowest BCUT2D eigenvalue weighted by Crippen LogP contribution is -2.43. The molecule has 0 spiro atoms. The second-order valence-electron chi connectivity index (χ2n) is 14.1. The van der Waals surface area contributed by atoms with Crippen molar-refractivity contribution >= 4 is 27.8 Å². The van der Waals surface area contributed by atoms with Crippen molar-refractivity contribution in [3.63, 3.8) is 0 Å². The van der Waals surface area contributed by atoms with Crippen LogP contribution in [0.3, 0.4) is 0 Å². The van der Waals surface area contributed by atoms with Crippen molar-refractivity contribution in [2.75, 3.05) is 6.61 Å². The molecule has 40 heavy (non-hydrogen) atoms. The highest BCUT2D eigenvalue weighted by Crippen LogP contribution is 2.52. The Morgan fingerprint density at radius 3 is 2.17 bits per heavy atom. The van der Waals surface area contributed by atoms with Crippen molar-refractivity contribution in [1.29, 1.82) is 0 Å². The first-order valence-electron chi connectivity index (χ1n) is 14.3. The van der Waals surface area contributed by atoms with Gasteiger partial charge in [0.2, 0.25) is 8.32 Å². The van der Waals surface area contributed by atoms with E-state index in [4.69, 9.17) is 13.9 Å². The molecule has 0 saturated carbocycles. The van der Waals surface area contributed by atoms with Crippen LogP contribution < -0.4 is 13.9 Å². The van der Waals surface area contributed by atoms with Crippen molar-refractivity contribution in [1.82, 2.24) is 0 Å². The van der Waals surface area contributed by atoms with E-state index in [1.54, 1.807) is 0 Å². The van der Waals surface area contributed by atoms with Crippen molar-refractivity contribution in [2.24, 2.45) is 0 Å². The minimum Gasteiger partial charge on any atom is -0.543 e. The van der Waals surface area contributed by atoms with Gasteiger partial charge in [0.1, 0.15) is 23.9 Å². The molecule has 0 saturated heterocycles. The first-order chi connectivity index (χ1) is 18.6. The number of hydrogen-bond donors (Lipinski definition) is 1. The van der Waals surface area contributed by atoms with Gasteiger partial charge in [0.15, 0.2) is 14.4 Å². The predicted molar refractivity (Wildman–Crippen MR) is 170 cm³/mol. The van der Waals surface area contributed by atoms with Crippen LogP contribution in [0.15, 0.2) is 66.7 Å². The van der Waals surface area contributed by atoms with Gasteiger partial charge in [-0.05, 0) is 72.0 Å². The maximum atomic E-state index is 10.9. The lowest BCUT2D eigenvalue weighted by molar-refractivity contribution is 0.253. The van der Waals surface area contributed by atoms with Crippen molar-refractivity contribution in [3.05, 3.63) is 89.0 Å². The summed E-state index contributed by atoms with van der Waals surface area (Å²) in [6.45, 7) is 20.2. The molecule has 4 nitrogen and oxygen atoms in total. The molecular formula is C34H44O4Si2. The molecule has 3 aromatic carbocycles. The fourth-order valence-corrected chi connectivity index (χ4v) is 6.73. The Morgan fingerprint density at radius 1 is 0.850 bits per heavy atom. The summed E-state index contributed by atoms with van der Waals surface area (Å²) in [6.07, 6.45) is 0.560. The molecule has 0 radical (unpaired) electrons. The van der Waals surface area contributed by atoms with E-state index < -0.39 is 16.6 Å². The molecule has 0 fully saturated rings. The Morgan fingerprint density at radius 2 is 1.52 bits per heavy atom. The van der Waals surface area contributed by atoms with Gasteiger partial charge in [0.05, 0.1) is 0 Å². The lowest BCUT2D eigenvalue weighted by atomic mass is 9.83. The van der Waals surface area contributed by atoms with Crippen molar-refractivity contribution in [2.45, 2.75) is 83.4 Å². The Hall–Kier alpha value is -2.81. The zero-order valence-electron chi connectivity index (χ0n) is 25.5. The van der Waals surface area contributed by atoms with E-state index in [-0.39, 0.29) is 16.2 Å². The summed E-state index contributed by atoms with van der Waals surface area (Å²) in [5.41, 5.74) is 6.77. The minimum atomic E-state index is -2.33. The first-order valence-corrected chi connectivity index (χ1v) is 20.2. The Labute approximate surface area is 242 Å². The summed E-state index contributed by atoms with van der Waals surface area (Å²) in [4.78, 5) is 10.9. The van der Waals surface area contributed by atoms with Crippen LogP contribution in [0.4, 0.5) is 0 Å². The van der Waals surface area contributed by atoms with Crippen LogP contribution in [0.25, 0.3) is 11.1 Å². The van der Waals surface area contributed by atoms with E-state index in [9.17, 15) is 4.80 Å². The third-order valence-corrected chi connectivity index (χ3v) is 17.2. The molecule has 1 atom stereocenters. The summed E-state index contributed by atoms with van der Waals surface area (Å²) in [5, 5.41) is -0.0415. The predicted octanol–water partition coefficient (Wildman–Crippen LogP) is 9.03. The topological polar surface area (TPSA) is 47.9 Å². The van der Waals surface area contributed by atoms with E-state index in [2.05, 4.69) is 108 Å². The second-order valence-corrected chi connectivity index (χ2v) is 23.3. The Bertz CT molecular complexity index is 1440. The zero-order valence-corrected chi connectivity index (χ0v) is 27.5. The maximum absolute atomic E-state index is 10.9. The average Bonchev–Trinajstić information content (AvgIpc) is 2.86. The lowest BCUT2D eigenvalue weighted by Gasteiger charge is -2.38. The smallest absolute Gasteiger partial charge is 0.250 e. The number of ether oxygens (including phenoxy) is 2. The van der Waals surface area contributed by atoms with Gasteiger partial charge in [-0.15, -0.1) is 0 Å². The average molecular weight is 573 g/mol. The number of rotatable bonds is 6. The summed E-state index contributed by atoms with van der Waals surface area (Å²) in [7, 11) is -4.33. The van der Waals surface area contributed by atoms with Crippen molar-refractivity contribution in [3.8, 4) is 17.2 Å². The van der Waals surface area contributed by atoms with E-state index in [0.29, 0.717) is 6.61 Å². The van der Waals surface area contributed by atoms with Crippen molar-refractivity contribution < 1.29 is 18.7 Å². The summed E-state index contributed by atoms with van der Waals surface area (Å²) < 4.78 is 19.9. The molecule has 6 heteroatoms. The van der Waals surface area contributed by atoms with Gasteiger partial charge in [-0.25, -0.2) is 0 Å². The van der Waals surface area contributed by atoms with Crippen LogP contribution in [0.2, 0.25) is 36.3 Å². The Kier molecular flexibility index (Phi) is 7.13. The molecule has 0 aromatic heterocycles. The number of fused-ring (bicyclic) bond motifs is 4. The monoisotopic (exact) mass is 572 g/mol. The molecule has 0 aliphatic carbocycles. The highest BCUT2D eigenvalue weighted by atomic mass is 28.4. The molecule has 212 valence electrons. The fourth-order valence-electron chi connectivity index (χ4n) is 5.07. The summed E-state index contributed by atoms with van der Waals surface area (Å²) >= 11 is 0. The minimum absolute atomic E-state index is 0.107. The number of benzene rings is 3. The third-order valence-electron chi connectivity index (χ3n) is 9.40.